The summed E-state index contributed by atoms with van der Waals surface area (Å²) in [6, 6.07) is -0.579. The number of ether oxygens (including phenoxy) is 1. The largest absolute Gasteiger partial charge is 0.379 e. The van der Waals surface area contributed by atoms with Crippen LogP contribution in [0, 0.1) is 5.41 Å². The molecule has 8 nitrogen and oxygen atoms in total. The number of rotatable bonds is 3. The first kappa shape index (κ1) is 21.6. The number of amides is 1. The van der Waals surface area contributed by atoms with Crippen molar-refractivity contribution in [3.63, 3.8) is 0 Å². The Balaban J connectivity index is 0.00000288. The predicted octanol–water partition coefficient (Wildman–Crippen LogP) is -0.497. The third kappa shape index (κ3) is 4.80. The summed E-state index contributed by atoms with van der Waals surface area (Å²) in [4.78, 5) is 14.1. The molecule has 24 heavy (non-hydrogen) atoms. The lowest BCUT2D eigenvalue weighted by Crippen LogP contribution is -2.59. The molecule has 0 aromatic rings. The van der Waals surface area contributed by atoms with Crippen LogP contribution in [0.5, 0.6) is 0 Å². The highest BCUT2D eigenvalue weighted by Gasteiger charge is 2.37. The second kappa shape index (κ2) is 8.29. The molecule has 2 heterocycles. The van der Waals surface area contributed by atoms with E-state index in [0.29, 0.717) is 52.5 Å². The van der Waals surface area contributed by atoms with Crippen molar-refractivity contribution >= 4 is 28.5 Å². The molecule has 0 aliphatic carbocycles. The Labute approximate surface area is 150 Å². The van der Waals surface area contributed by atoms with Crippen molar-refractivity contribution in [1.29, 1.82) is 0 Å². The van der Waals surface area contributed by atoms with Crippen molar-refractivity contribution < 1.29 is 17.9 Å². The average Bonchev–Trinajstić information content (AvgIpc) is 2.53. The van der Waals surface area contributed by atoms with Crippen LogP contribution in [0.25, 0.3) is 0 Å². The maximum atomic E-state index is 12.6. The van der Waals surface area contributed by atoms with E-state index in [0.717, 1.165) is 0 Å². The van der Waals surface area contributed by atoms with Gasteiger partial charge in [0.15, 0.2) is 0 Å². The Morgan fingerprint density at radius 2 is 1.46 bits per heavy atom. The van der Waals surface area contributed by atoms with Gasteiger partial charge in [0.05, 0.1) is 19.3 Å². The van der Waals surface area contributed by atoms with Crippen molar-refractivity contribution in [2.45, 2.75) is 26.8 Å². The summed E-state index contributed by atoms with van der Waals surface area (Å²) in [5.74, 6) is -0.110. The molecule has 0 unspecified atom stereocenters. The number of piperazine rings is 1. The number of nitrogens with zero attached hydrogens (tertiary/aromatic N) is 3. The fourth-order valence-electron chi connectivity index (χ4n) is 2.65. The van der Waals surface area contributed by atoms with Crippen LogP contribution < -0.4 is 5.73 Å². The van der Waals surface area contributed by atoms with E-state index in [9.17, 15) is 13.2 Å². The van der Waals surface area contributed by atoms with Gasteiger partial charge in [0, 0.05) is 39.3 Å². The van der Waals surface area contributed by atoms with E-state index in [-0.39, 0.29) is 23.7 Å². The fourth-order valence-corrected chi connectivity index (χ4v) is 4.21. The van der Waals surface area contributed by atoms with Crippen molar-refractivity contribution in [3.8, 4) is 0 Å². The average molecular weight is 385 g/mol. The molecule has 0 aromatic heterocycles. The predicted molar refractivity (Wildman–Crippen MR) is 94.1 cm³/mol. The molecule has 0 saturated carbocycles. The first-order chi connectivity index (χ1) is 10.6. The van der Waals surface area contributed by atoms with E-state index >= 15 is 0 Å². The highest BCUT2D eigenvalue weighted by atomic mass is 35.5. The Morgan fingerprint density at radius 1 is 1.00 bits per heavy atom. The minimum atomic E-state index is -3.47. The number of morpholine rings is 1. The summed E-state index contributed by atoms with van der Waals surface area (Å²) in [6.45, 7) is 8.78. The molecule has 2 N–H and O–H groups in total. The molecule has 2 saturated heterocycles. The Kier molecular flexibility index (Phi) is 7.46. The molecule has 0 bridgehead atoms. The van der Waals surface area contributed by atoms with Crippen molar-refractivity contribution in [2.75, 3.05) is 52.5 Å². The van der Waals surface area contributed by atoms with Crippen LogP contribution in [0.1, 0.15) is 20.8 Å². The van der Waals surface area contributed by atoms with Crippen molar-refractivity contribution in [1.82, 2.24) is 13.5 Å². The van der Waals surface area contributed by atoms with Gasteiger partial charge in [-0.25, -0.2) is 0 Å². The number of halogens is 1. The van der Waals surface area contributed by atoms with Crippen LogP contribution in [-0.4, -0.2) is 86.4 Å². The van der Waals surface area contributed by atoms with Crippen LogP contribution in [0.2, 0.25) is 0 Å². The van der Waals surface area contributed by atoms with Gasteiger partial charge < -0.3 is 15.4 Å². The summed E-state index contributed by atoms with van der Waals surface area (Å²) in [5, 5.41) is 0. The minimum absolute atomic E-state index is 0. The Hall–Kier alpha value is -0.450. The van der Waals surface area contributed by atoms with E-state index in [2.05, 4.69) is 0 Å². The molecule has 2 aliphatic rings. The van der Waals surface area contributed by atoms with Gasteiger partial charge in [-0.05, 0) is 5.41 Å². The summed E-state index contributed by atoms with van der Waals surface area (Å²) < 4.78 is 33.3. The van der Waals surface area contributed by atoms with Crippen LogP contribution >= 0.6 is 12.4 Å². The number of hydrogen-bond acceptors (Lipinski definition) is 5. The third-order valence-electron chi connectivity index (χ3n) is 4.37. The number of hydrogen-bond donors (Lipinski definition) is 1. The van der Waals surface area contributed by atoms with Crippen LogP contribution in [-0.2, 0) is 19.7 Å². The summed E-state index contributed by atoms with van der Waals surface area (Å²) in [5.41, 5.74) is 5.71. The molecule has 1 atom stereocenters. The fraction of sp³-hybridized carbons (Fsp3) is 0.929. The molecule has 1 amide bonds. The Morgan fingerprint density at radius 3 is 1.92 bits per heavy atom. The molecule has 142 valence electrons. The van der Waals surface area contributed by atoms with E-state index in [4.69, 9.17) is 10.5 Å². The van der Waals surface area contributed by atoms with Crippen molar-refractivity contribution in [3.05, 3.63) is 0 Å². The highest BCUT2D eigenvalue weighted by molar-refractivity contribution is 7.86. The Bertz CT molecular complexity index is 523. The lowest BCUT2D eigenvalue weighted by molar-refractivity contribution is -0.136. The zero-order valence-corrected chi connectivity index (χ0v) is 16.2. The number of nitrogens with two attached hydrogens (primary N) is 1. The molecule has 0 spiro atoms. The third-order valence-corrected chi connectivity index (χ3v) is 6.41. The van der Waals surface area contributed by atoms with Gasteiger partial charge >= 0.3 is 0 Å². The van der Waals surface area contributed by atoms with Gasteiger partial charge in [-0.3, -0.25) is 4.79 Å². The van der Waals surface area contributed by atoms with Gasteiger partial charge in [-0.2, -0.15) is 17.0 Å². The molecule has 10 heteroatoms. The smallest absolute Gasteiger partial charge is 0.282 e. The molecule has 2 rings (SSSR count). The molecule has 2 fully saturated rings. The maximum Gasteiger partial charge on any atom is 0.282 e. The van der Waals surface area contributed by atoms with Crippen LogP contribution in [0.3, 0.4) is 0 Å². The lowest BCUT2D eigenvalue weighted by Gasteiger charge is -2.39. The zero-order chi connectivity index (χ0) is 17.3. The standard InChI is InChI=1S/C14H28N4O4S.ClH/c1-14(2,3)12(15)13(19)16-4-6-17(7-5-16)23(20,21)18-8-10-22-11-9-18;/h12H,4-11,15H2,1-3H3;1H/t12-;/m1./s1. The summed E-state index contributed by atoms with van der Waals surface area (Å²) >= 11 is 0. The minimum Gasteiger partial charge on any atom is -0.379 e. The maximum absolute atomic E-state index is 12.6. The number of carbonyl (C=O) groups excluding carboxylic acids is 1. The van der Waals surface area contributed by atoms with Gasteiger partial charge in [0.1, 0.15) is 0 Å². The molecular formula is C14H29ClN4O4S. The van der Waals surface area contributed by atoms with E-state index in [1.54, 1.807) is 4.90 Å². The topological polar surface area (TPSA) is 96.2 Å². The highest BCUT2D eigenvalue weighted by Crippen LogP contribution is 2.20. The quantitative estimate of drug-likeness (QED) is 0.707. The van der Waals surface area contributed by atoms with Gasteiger partial charge in [0.2, 0.25) is 5.91 Å². The molecule has 0 radical (unpaired) electrons. The monoisotopic (exact) mass is 384 g/mol. The molecule has 2 aliphatic heterocycles. The first-order valence-corrected chi connectivity index (χ1v) is 9.41. The summed E-state index contributed by atoms with van der Waals surface area (Å²) in [7, 11) is -3.47. The van der Waals surface area contributed by atoms with Crippen LogP contribution in [0.4, 0.5) is 0 Å². The first-order valence-electron chi connectivity index (χ1n) is 8.01. The van der Waals surface area contributed by atoms with Gasteiger partial charge in [-0.15, -0.1) is 12.4 Å². The van der Waals surface area contributed by atoms with Gasteiger partial charge in [-0.1, -0.05) is 20.8 Å². The van der Waals surface area contributed by atoms with Crippen molar-refractivity contribution in [2.24, 2.45) is 11.1 Å². The summed E-state index contributed by atoms with van der Waals surface area (Å²) in [6.07, 6.45) is 0. The lowest BCUT2D eigenvalue weighted by atomic mass is 9.86. The van der Waals surface area contributed by atoms with E-state index < -0.39 is 16.3 Å². The van der Waals surface area contributed by atoms with E-state index in [1.807, 2.05) is 20.8 Å². The zero-order valence-electron chi connectivity index (χ0n) is 14.6. The van der Waals surface area contributed by atoms with Crippen LogP contribution in [0.15, 0.2) is 0 Å². The van der Waals surface area contributed by atoms with E-state index in [1.165, 1.54) is 8.61 Å². The second-order valence-electron chi connectivity index (χ2n) is 7.09. The number of carbonyl (C=O) groups is 1. The molecular weight excluding hydrogens is 356 g/mol. The normalized spacial score (nSPS) is 22.8. The van der Waals surface area contributed by atoms with Gasteiger partial charge in [0.25, 0.3) is 10.2 Å². The second-order valence-corrected chi connectivity index (χ2v) is 9.02. The molecule has 0 aromatic carbocycles. The SMILES string of the molecule is CC(C)(C)[C@H](N)C(=O)N1CCN(S(=O)(=O)N2CCOCC2)CC1.Cl.